The molecule has 6 atom stereocenters. The molecule has 1 aromatic rings. The van der Waals surface area contributed by atoms with Gasteiger partial charge in [-0.15, -0.1) is 11.6 Å². The fourth-order valence-electron chi connectivity index (χ4n) is 4.30. The van der Waals surface area contributed by atoms with Crippen molar-refractivity contribution in [2.24, 2.45) is 0 Å². The van der Waals surface area contributed by atoms with Crippen molar-refractivity contribution < 1.29 is 29.2 Å². The molecule has 0 saturated carbocycles. The minimum Gasteiger partial charge on any atom is -0.462 e. The topological polar surface area (TPSA) is 97.3 Å². The maximum atomic E-state index is 11.3. The monoisotopic (exact) mass is 465 g/mol. The first-order chi connectivity index (χ1) is 15.1. The van der Waals surface area contributed by atoms with Crippen LogP contribution in [-0.2, 0) is 19.0 Å². The van der Waals surface area contributed by atoms with Gasteiger partial charge in [0.2, 0.25) is 12.2 Å². The molecule has 0 bridgehead atoms. The molecular weight excluding hydrogens is 434 g/mol. The molecule has 1 amide bonds. The molecule has 0 aromatic heterocycles. The Morgan fingerprint density at radius 2 is 1.91 bits per heavy atom. The SMILES string of the molecule is CO[C@@H]1[C@@H](O)[C@@H](O)C(OC2=CC(c3ccccc3)C(Cl)(CCNC(C)=O)C=C2)OC1(C)C. The molecule has 1 aliphatic carbocycles. The third-order valence-corrected chi connectivity index (χ3v) is 6.51. The highest BCUT2D eigenvalue weighted by Gasteiger charge is 2.50. The lowest BCUT2D eigenvalue weighted by Crippen LogP contribution is -2.63. The molecule has 1 saturated heterocycles. The second kappa shape index (κ2) is 9.93. The number of allylic oxidation sites excluding steroid dienone is 3. The van der Waals surface area contributed by atoms with Gasteiger partial charge in [0.1, 0.15) is 24.1 Å². The van der Waals surface area contributed by atoms with E-state index in [-0.39, 0.29) is 11.8 Å². The zero-order valence-electron chi connectivity index (χ0n) is 18.8. The van der Waals surface area contributed by atoms with Crippen LogP contribution in [0.1, 0.15) is 38.7 Å². The highest BCUT2D eigenvalue weighted by Crippen LogP contribution is 2.43. The molecule has 0 spiro atoms. The summed E-state index contributed by atoms with van der Waals surface area (Å²) >= 11 is 7.03. The second-order valence-corrected chi connectivity index (χ2v) is 9.50. The number of amides is 1. The predicted molar refractivity (Wildman–Crippen MR) is 121 cm³/mol. The predicted octanol–water partition coefficient (Wildman–Crippen LogP) is 2.62. The van der Waals surface area contributed by atoms with Gasteiger partial charge < -0.3 is 29.7 Å². The van der Waals surface area contributed by atoms with E-state index >= 15 is 0 Å². The number of hydrogen-bond acceptors (Lipinski definition) is 6. The van der Waals surface area contributed by atoms with Crippen LogP contribution in [0.25, 0.3) is 0 Å². The first-order valence-electron chi connectivity index (χ1n) is 10.7. The summed E-state index contributed by atoms with van der Waals surface area (Å²) in [6.07, 6.45) is 1.73. The van der Waals surface area contributed by atoms with Crippen molar-refractivity contribution in [1.29, 1.82) is 0 Å². The normalized spacial score (nSPS) is 34.0. The van der Waals surface area contributed by atoms with Crippen LogP contribution in [0.5, 0.6) is 0 Å². The summed E-state index contributed by atoms with van der Waals surface area (Å²) in [6, 6.07) is 9.76. The van der Waals surface area contributed by atoms with Gasteiger partial charge in [0.15, 0.2) is 0 Å². The zero-order valence-corrected chi connectivity index (χ0v) is 19.6. The van der Waals surface area contributed by atoms with E-state index in [1.165, 1.54) is 14.0 Å². The summed E-state index contributed by atoms with van der Waals surface area (Å²) in [6.45, 7) is 5.45. The van der Waals surface area contributed by atoms with Gasteiger partial charge in [0, 0.05) is 26.5 Å². The highest BCUT2D eigenvalue weighted by molar-refractivity contribution is 6.26. The van der Waals surface area contributed by atoms with E-state index in [0.29, 0.717) is 18.7 Å². The summed E-state index contributed by atoms with van der Waals surface area (Å²) in [7, 11) is 1.46. The molecular formula is C24H32ClNO6. The lowest BCUT2D eigenvalue weighted by Gasteiger charge is -2.46. The van der Waals surface area contributed by atoms with E-state index in [1.807, 2.05) is 42.5 Å². The van der Waals surface area contributed by atoms with Crippen molar-refractivity contribution in [1.82, 2.24) is 5.32 Å². The van der Waals surface area contributed by atoms with Crippen molar-refractivity contribution >= 4 is 17.5 Å². The van der Waals surface area contributed by atoms with Crippen molar-refractivity contribution in [2.45, 2.75) is 68.2 Å². The molecule has 1 aliphatic heterocycles. The largest absolute Gasteiger partial charge is 0.462 e. The average Bonchev–Trinajstić information content (AvgIpc) is 2.73. The van der Waals surface area contributed by atoms with E-state index in [2.05, 4.69) is 5.32 Å². The van der Waals surface area contributed by atoms with Gasteiger partial charge >= 0.3 is 0 Å². The molecule has 7 nitrogen and oxygen atoms in total. The van der Waals surface area contributed by atoms with E-state index < -0.39 is 35.1 Å². The van der Waals surface area contributed by atoms with Gasteiger partial charge in [-0.3, -0.25) is 4.79 Å². The van der Waals surface area contributed by atoms with Crippen LogP contribution in [0.2, 0.25) is 0 Å². The van der Waals surface area contributed by atoms with E-state index in [4.69, 9.17) is 25.8 Å². The molecule has 1 fully saturated rings. The van der Waals surface area contributed by atoms with Crippen molar-refractivity contribution in [2.75, 3.05) is 13.7 Å². The summed E-state index contributed by atoms with van der Waals surface area (Å²) in [4.78, 5) is 10.5. The van der Waals surface area contributed by atoms with Crippen molar-refractivity contribution in [3.05, 3.63) is 59.9 Å². The number of rotatable bonds is 7. The van der Waals surface area contributed by atoms with Crippen LogP contribution in [0, 0.1) is 0 Å². The van der Waals surface area contributed by atoms with E-state index in [9.17, 15) is 15.0 Å². The van der Waals surface area contributed by atoms with Gasteiger partial charge in [-0.2, -0.15) is 0 Å². The number of ether oxygens (including phenoxy) is 3. The molecule has 2 aliphatic rings. The number of alkyl halides is 1. The van der Waals surface area contributed by atoms with E-state index in [0.717, 1.165) is 5.56 Å². The minimum absolute atomic E-state index is 0.111. The molecule has 1 heterocycles. The molecule has 3 unspecified atom stereocenters. The third kappa shape index (κ3) is 5.35. The minimum atomic E-state index is -1.29. The number of aliphatic hydroxyl groups excluding tert-OH is 2. The third-order valence-electron chi connectivity index (χ3n) is 5.96. The summed E-state index contributed by atoms with van der Waals surface area (Å²) in [5.41, 5.74) is 0.116. The van der Waals surface area contributed by atoms with Crippen LogP contribution in [0.15, 0.2) is 54.3 Å². The fourth-order valence-corrected chi connectivity index (χ4v) is 4.65. The number of methoxy groups -OCH3 is 1. The molecule has 176 valence electrons. The van der Waals surface area contributed by atoms with E-state index in [1.54, 1.807) is 19.9 Å². The Morgan fingerprint density at radius 1 is 1.22 bits per heavy atom. The van der Waals surface area contributed by atoms with Gasteiger partial charge in [0.25, 0.3) is 0 Å². The zero-order chi connectivity index (χ0) is 23.5. The molecule has 1 aromatic carbocycles. The van der Waals surface area contributed by atoms with Crippen LogP contribution in [0.3, 0.4) is 0 Å². The maximum Gasteiger partial charge on any atom is 0.229 e. The number of hydrogen-bond donors (Lipinski definition) is 3. The Labute approximate surface area is 194 Å². The standard InChI is InChI=1S/C24H32ClNO6/c1-15(27)26-13-12-24(25)11-10-17(14-18(24)16-8-6-5-7-9-16)31-22-20(29)19(28)21(30-4)23(2,3)32-22/h5-11,14,18-22,28-29H,12-13H2,1-4H3,(H,26,27)/t18?,19-,20+,21+,22?,24?/m0/s1. The number of carbonyl (C=O) groups excluding carboxylic acids is 1. The Hall–Kier alpha value is -1.90. The Bertz CT molecular complexity index is 857. The van der Waals surface area contributed by atoms with Crippen LogP contribution in [0.4, 0.5) is 0 Å². The number of aliphatic hydroxyl groups is 2. The van der Waals surface area contributed by atoms with Gasteiger partial charge in [-0.05, 0) is 38.0 Å². The second-order valence-electron chi connectivity index (χ2n) is 8.80. The van der Waals surface area contributed by atoms with Gasteiger partial charge in [-0.1, -0.05) is 36.4 Å². The quantitative estimate of drug-likeness (QED) is 0.535. The lowest BCUT2D eigenvalue weighted by molar-refractivity contribution is -0.317. The van der Waals surface area contributed by atoms with Gasteiger partial charge in [-0.25, -0.2) is 0 Å². The first kappa shape index (κ1) is 24.7. The Kier molecular flexibility index (Phi) is 7.68. The number of carbonyl (C=O) groups is 1. The average molecular weight is 466 g/mol. The smallest absolute Gasteiger partial charge is 0.229 e. The molecule has 3 rings (SSSR count). The first-order valence-corrected chi connectivity index (χ1v) is 11.1. The molecule has 8 heteroatoms. The number of nitrogens with one attached hydrogen (secondary N) is 1. The Balaban J connectivity index is 1.83. The molecule has 32 heavy (non-hydrogen) atoms. The molecule has 3 N–H and O–H groups in total. The summed E-state index contributed by atoms with van der Waals surface area (Å²) in [5.74, 6) is 0.113. The molecule has 0 radical (unpaired) electrons. The lowest BCUT2D eigenvalue weighted by atomic mass is 9.80. The summed E-state index contributed by atoms with van der Waals surface area (Å²) < 4.78 is 17.2. The fraction of sp³-hybridized carbons (Fsp3) is 0.542. The van der Waals surface area contributed by atoms with Crippen molar-refractivity contribution in [3.63, 3.8) is 0 Å². The Morgan fingerprint density at radius 3 is 2.53 bits per heavy atom. The van der Waals surface area contributed by atoms with Crippen molar-refractivity contribution in [3.8, 4) is 0 Å². The van der Waals surface area contributed by atoms with Gasteiger partial charge in [0.05, 0.1) is 10.5 Å². The number of benzene rings is 1. The summed E-state index contributed by atoms with van der Waals surface area (Å²) in [5, 5.41) is 23.9. The number of halogens is 1. The van der Waals surface area contributed by atoms with Crippen LogP contribution in [-0.4, -0.2) is 64.9 Å². The highest BCUT2D eigenvalue weighted by atomic mass is 35.5. The van der Waals surface area contributed by atoms with Crippen LogP contribution >= 0.6 is 11.6 Å². The van der Waals surface area contributed by atoms with Crippen LogP contribution < -0.4 is 5.32 Å². The maximum absolute atomic E-state index is 11.3.